The largest absolute Gasteiger partial charge is 0.378 e. The molecule has 2 N–H and O–H groups in total. The summed E-state index contributed by atoms with van der Waals surface area (Å²) in [5.74, 6) is 0.860. The van der Waals surface area contributed by atoms with E-state index in [0.717, 1.165) is 36.9 Å². The molecule has 0 unspecified atom stereocenters. The molecule has 1 aromatic heterocycles. The van der Waals surface area contributed by atoms with Gasteiger partial charge in [0.05, 0.1) is 6.54 Å². The number of anilines is 1. The summed E-state index contributed by atoms with van der Waals surface area (Å²) in [4.78, 5) is 12.3. The molecule has 0 amide bonds. The van der Waals surface area contributed by atoms with Gasteiger partial charge in [0.25, 0.3) is 0 Å². The first-order valence-corrected chi connectivity index (χ1v) is 9.60. The SMILES string of the molecule is CCNC(=NCc1ncc(C)s1)NCCCc1ccc(N(C)C)cc1.I. The van der Waals surface area contributed by atoms with Crippen molar-refractivity contribution in [2.45, 2.75) is 33.2 Å². The number of nitrogens with zero attached hydrogens (tertiary/aromatic N) is 3. The number of guanidine groups is 1. The molecular formula is C19H30IN5S. The van der Waals surface area contributed by atoms with E-state index in [9.17, 15) is 0 Å². The first kappa shape index (κ1) is 22.7. The molecule has 0 aliphatic rings. The van der Waals surface area contributed by atoms with Crippen LogP contribution in [0.1, 0.15) is 28.8 Å². The number of nitrogens with one attached hydrogen (secondary N) is 2. The number of thiazole rings is 1. The van der Waals surface area contributed by atoms with Gasteiger partial charge in [-0.25, -0.2) is 9.98 Å². The standard InChI is InChI=1S/C19H29N5S.HI/c1-5-20-19(23-14-18-22-13-15(2)25-18)21-12-6-7-16-8-10-17(11-9-16)24(3)4;/h8-11,13H,5-7,12,14H2,1-4H3,(H2,20,21,23);1H. The summed E-state index contributed by atoms with van der Waals surface area (Å²) in [6, 6.07) is 8.76. The maximum absolute atomic E-state index is 4.61. The van der Waals surface area contributed by atoms with Crippen molar-refractivity contribution < 1.29 is 0 Å². The van der Waals surface area contributed by atoms with Crippen LogP contribution in [0.5, 0.6) is 0 Å². The van der Waals surface area contributed by atoms with Crippen LogP contribution in [0.2, 0.25) is 0 Å². The molecule has 144 valence electrons. The number of aromatic nitrogens is 1. The normalized spacial score (nSPS) is 11.0. The lowest BCUT2D eigenvalue weighted by Crippen LogP contribution is -2.37. The Balaban J connectivity index is 0.00000338. The molecule has 2 aromatic rings. The van der Waals surface area contributed by atoms with Crippen LogP contribution in [-0.2, 0) is 13.0 Å². The van der Waals surface area contributed by atoms with E-state index in [-0.39, 0.29) is 24.0 Å². The summed E-state index contributed by atoms with van der Waals surface area (Å²) in [6.07, 6.45) is 4.03. The first-order valence-electron chi connectivity index (χ1n) is 8.78. The fourth-order valence-corrected chi connectivity index (χ4v) is 3.13. The Bertz CT molecular complexity index is 667. The van der Waals surface area contributed by atoms with Crippen molar-refractivity contribution in [1.29, 1.82) is 0 Å². The van der Waals surface area contributed by atoms with Crippen molar-refractivity contribution >= 4 is 47.0 Å². The van der Waals surface area contributed by atoms with E-state index >= 15 is 0 Å². The fourth-order valence-electron chi connectivity index (χ4n) is 2.42. The average Bonchev–Trinajstić information content (AvgIpc) is 3.02. The molecule has 1 aromatic carbocycles. The summed E-state index contributed by atoms with van der Waals surface area (Å²) < 4.78 is 0. The van der Waals surface area contributed by atoms with Crippen LogP contribution in [-0.4, -0.2) is 38.1 Å². The molecule has 2 rings (SSSR count). The van der Waals surface area contributed by atoms with E-state index in [2.05, 4.69) is 77.7 Å². The molecule has 0 saturated heterocycles. The third-order valence-corrected chi connectivity index (χ3v) is 4.67. The Hall–Kier alpha value is -1.35. The second-order valence-electron chi connectivity index (χ2n) is 6.15. The van der Waals surface area contributed by atoms with Crippen LogP contribution in [0.15, 0.2) is 35.5 Å². The summed E-state index contributed by atoms with van der Waals surface area (Å²) in [5, 5.41) is 7.75. The fraction of sp³-hybridized carbons (Fsp3) is 0.474. The monoisotopic (exact) mass is 487 g/mol. The molecular weight excluding hydrogens is 457 g/mol. The molecule has 0 aliphatic heterocycles. The van der Waals surface area contributed by atoms with Crippen molar-refractivity contribution in [2.75, 3.05) is 32.1 Å². The van der Waals surface area contributed by atoms with Crippen LogP contribution < -0.4 is 15.5 Å². The topological polar surface area (TPSA) is 52.6 Å². The zero-order valence-corrected chi connectivity index (χ0v) is 19.2. The highest BCUT2D eigenvalue weighted by molar-refractivity contribution is 14.0. The van der Waals surface area contributed by atoms with E-state index in [0.29, 0.717) is 6.54 Å². The second-order valence-corrected chi connectivity index (χ2v) is 7.47. The predicted octanol–water partition coefficient (Wildman–Crippen LogP) is 3.82. The Morgan fingerprint density at radius 2 is 1.92 bits per heavy atom. The van der Waals surface area contributed by atoms with Gasteiger partial charge in [0.2, 0.25) is 0 Å². The van der Waals surface area contributed by atoms with Gasteiger partial charge >= 0.3 is 0 Å². The van der Waals surface area contributed by atoms with Crippen molar-refractivity contribution in [3.8, 4) is 0 Å². The van der Waals surface area contributed by atoms with Gasteiger partial charge in [-0.2, -0.15) is 0 Å². The molecule has 0 fully saturated rings. The quantitative estimate of drug-likeness (QED) is 0.257. The van der Waals surface area contributed by atoms with Crippen LogP contribution in [0, 0.1) is 6.92 Å². The molecule has 0 radical (unpaired) electrons. The maximum Gasteiger partial charge on any atom is 0.191 e. The minimum Gasteiger partial charge on any atom is -0.378 e. The van der Waals surface area contributed by atoms with Gasteiger partial charge in [-0.15, -0.1) is 35.3 Å². The number of rotatable bonds is 8. The highest BCUT2D eigenvalue weighted by atomic mass is 127. The minimum absolute atomic E-state index is 0. The minimum atomic E-state index is 0. The van der Waals surface area contributed by atoms with Crippen molar-refractivity contribution in [1.82, 2.24) is 15.6 Å². The number of halogens is 1. The van der Waals surface area contributed by atoms with Gasteiger partial charge in [0.15, 0.2) is 5.96 Å². The summed E-state index contributed by atoms with van der Waals surface area (Å²) >= 11 is 1.70. The zero-order valence-electron chi connectivity index (χ0n) is 16.1. The van der Waals surface area contributed by atoms with E-state index in [1.54, 1.807) is 11.3 Å². The number of hydrogen-bond acceptors (Lipinski definition) is 4. The first-order chi connectivity index (χ1) is 12.1. The number of benzene rings is 1. The smallest absolute Gasteiger partial charge is 0.191 e. The molecule has 5 nitrogen and oxygen atoms in total. The van der Waals surface area contributed by atoms with Crippen LogP contribution in [0.4, 0.5) is 5.69 Å². The number of aryl methyl sites for hydroxylation is 2. The lowest BCUT2D eigenvalue weighted by molar-refractivity contribution is 0.743. The Morgan fingerprint density at radius 1 is 1.19 bits per heavy atom. The van der Waals surface area contributed by atoms with E-state index in [4.69, 9.17) is 0 Å². The summed E-state index contributed by atoms with van der Waals surface area (Å²) in [5.41, 5.74) is 2.61. The van der Waals surface area contributed by atoms with E-state index in [1.807, 2.05) is 6.20 Å². The molecule has 0 aliphatic carbocycles. The molecule has 1 heterocycles. The number of aliphatic imine (C=N–C) groups is 1. The van der Waals surface area contributed by atoms with Gasteiger partial charge in [-0.3, -0.25) is 0 Å². The van der Waals surface area contributed by atoms with E-state index < -0.39 is 0 Å². The highest BCUT2D eigenvalue weighted by Gasteiger charge is 2.01. The third-order valence-electron chi connectivity index (χ3n) is 3.77. The summed E-state index contributed by atoms with van der Waals surface area (Å²) in [7, 11) is 4.13. The zero-order chi connectivity index (χ0) is 18.1. The second kappa shape index (κ2) is 12.1. The molecule has 7 heteroatoms. The van der Waals surface area contributed by atoms with Gasteiger partial charge in [-0.1, -0.05) is 12.1 Å². The average molecular weight is 487 g/mol. The third kappa shape index (κ3) is 7.90. The lowest BCUT2D eigenvalue weighted by Gasteiger charge is -2.13. The van der Waals surface area contributed by atoms with E-state index in [1.165, 1.54) is 16.1 Å². The van der Waals surface area contributed by atoms with Crippen molar-refractivity contribution in [3.05, 3.63) is 45.9 Å². The Morgan fingerprint density at radius 3 is 2.50 bits per heavy atom. The van der Waals surface area contributed by atoms with Crippen LogP contribution in [0.3, 0.4) is 0 Å². The Labute approximate surface area is 178 Å². The van der Waals surface area contributed by atoms with Crippen LogP contribution >= 0.6 is 35.3 Å². The summed E-state index contributed by atoms with van der Waals surface area (Å²) in [6.45, 7) is 6.53. The number of hydrogen-bond donors (Lipinski definition) is 2. The van der Waals surface area contributed by atoms with Gasteiger partial charge in [0.1, 0.15) is 5.01 Å². The van der Waals surface area contributed by atoms with Gasteiger partial charge in [-0.05, 0) is 44.4 Å². The van der Waals surface area contributed by atoms with Gasteiger partial charge < -0.3 is 15.5 Å². The molecule has 26 heavy (non-hydrogen) atoms. The molecule has 0 bridgehead atoms. The molecule has 0 spiro atoms. The molecule has 0 saturated carbocycles. The van der Waals surface area contributed by atoms with Gasteiger partial charge in [0, 0.05) is 43.9 Å². The predicted molar refractivity (Wildman–Crippen MR) is 124 cm³/mol. The lowest BCUT2D eigenvalue weighted by atomic mass is 10.1. The maximum atomic E-state index is 4.61. The Kier molecular flexibility index (Phi) is 10.6. The van der Waals surface area contributed by atoms with Crippen molar-refractivity contribution in [3.63, 3.8) is 0 Å². The van der Waals surface area contributed by atoms with Crippen molar-refractivity contribution in [2.24, 2.45) is 4.99 Å². The highest BCUT2D eigenvalue weighted by Crippen LogP contribution is 2.13. The molecule has 0 atom stereocenters. The van der Waals surface area contributed by atoms with Crippen LogP contribution in [0.25, 0.3) is 0 Å².